The monoisotopic (exact) mass is 237 g/mol. The number of rotatable bonds is 5. The predicted octanol–water partition coefficient (Wildman–Crippen LogP) is 1.51. The van der Waals surface area contributed by atoms with E-state index in [2.05, 4.69) is 24.3 Å². The quantitative estimate of drug-likeness (QED) is 0.816. The molecule has 17 heavy (non-hydrogen) atoms. The molecule has 96 valence electrons. The molecule has 4 heteroatoms. The normalized spacial score (nSPS) is 24.7. The van der Waals surface area contributed by atoms with Gasteiger partial charge in [0.15, 0.2) is 0 Å². The molecule has 1 aromatic rings. The summed E-state index contributed by atoms with van der Waals surface area (Å²) in [7, 11) is 0. The Morgan fingerprint density at radius 2 is 2.29 bits per heavy atom. The Morgan fingerprint density at radius 1 is 1.53 bits per heavy atom. The van der Waals surface area contributed by atoms with Gasteiger partial charge in [-0.15, -0.1) is 0 Å². The number of aromatic nitrogens is 2. The van der Waals surface area contributed by atoms with Crippen LogP contribution in [0.1, 0.15) is 44.8 Å². The van der Waals surface area contributed by atoms with Crippen molar-refractivity contribution in [1.82, 2.24) is 15.1 Å². The molecular formula is C13H23N3O. The zero-order valence-electron chi connectivity index (χ0n) is 10.8. The largest absolute Gasteiger partial charge is 0.388 e. The Morgan fingerprint density at radius 3 is 2.88 bits per heavy atom. The second-order valence-electron chi connectivity index (χ2n) is 5.09. The van der Waals surface area contributed by atoms with Gasteiger partial charge in [-0.05, 0) is 31.9 Å². The van der Waals surface area contributed by atoms with Crippen molar-refractivity contribution in [3.63, 3.8) is 0 Å². The molecule has 1 aliphatic rings. The molecule has 0 saturated carbocycles. The molecule has 2 N–H and O–H groups in total. The molecule has 0 aliphatic carbocycles. The predicted molar refractivity (Wildman–Crippen MR) is 68.0 cm³/mol. The molecule has 1 aliphatic heterocycles. The number of hydrogen-bond acceptors (Lipinski definition) is 3. The summed E-state index contributed by atoms with van der Waals surface area (Å²) in [5, 5.41) is 18.1. The second-order valence-corrected chi connectivity index (χ2v) is 5.09. The molecule has 4 nitrogen and oxygen atoms in total. The fourth-order valence-corrected chi connectivity index (χ4v) is 2.56. The Kier molecular flexibility index (Phi) is 3.84. The highest BCUT2D eigenvalue weighted by atomic mass is 16.3. The van der Waals surface area contributed by atoms with E-state index >= 15 is 0 Å². The van der Waals surface area contributed by atoms with Crippen molar-refractivity contribution in [3.05, 3.63) is 18.0 Å². The van der Waals surface area contributed by atoms with E-state index in [1.807, 2.05) is 16.9 Å². The molecule has 1 fully saturated rings. The molecule has 0 aromatic carbocycles. The van der Waals surface area contributed by atoms with Crippen molar-refractivity contribution in [2.45, 2.75) is 51.2 Å². The number of aliphatic hydroxyl groups is 1. The molecule has 1 aromatic heterocycles. The first-order valence-corrected chi connectivity index (χ1v) is 6.64. The zero-order valence-corrected chi connectivity index (χ0v) is 10.8. The van der Waals surface area contributed by atoms with E-state index in [0.717, 1.165) is 31.5 Å². The Hall–Kier alpha value is -0.870. The van der Waals surface area contributed by atoms with Gasteiger partial charge in [0.25, 0.3) is 0 Å². The number of nitrogens with zero attached hydrogens (tertiary/aromatic N) is 2. The van der Waals surface area contributed by atoms with Gasteiger partial charge in [-0.1, -0.05) is 13.8 Å². The van der Waals surface area contributed by atoms with Crippen LogP contribution in [0.3, 0.4) is 0 Å². The van der Waals surface area contributed by atoms with Crippen LogP contribution < -0.4 is 5.32 Å². The molecule has 0 bridgehead atoms. The van der Waals surface area contributed by atoms with Gasteiger partial charge in [0.1, 0.15) is 0 Å². The van der Waals surface area contributed by atoms with Gasteiger partial charge in [-0.3, -0.25) is 4.68 Å². The van der Waals surface area contributed by atoms with Crippen LogP contribution in [0.25, 0.3) is 0 Å². The first-order valence-electron chi connectivity index (χ1n) is 6.64. The summed E-state index contributed by atoms with van der Waals surface area (Å²) in [5.74, 6) is 0. The van der Waals surface area contributed by atoms with Gasteiger partial charge in [-0.25, -0.2) is 0 Å². The summed E-state index contributed by atoms with van der Waals surface area (Å²) in [6.45, 7) is 5.96. The minimum absolute atomic E-state index is 0.486. The average molecular weight is 237 g/mol. The van der Waals surface area contributed by atoms with Crippen LogP contribution in [0.2, 0.25) is 0 Å². The number of nitrogens with one attached hydrogen (secondary N) is 1. The maximum absolute atomic E-state index is 10.3. The Bertz CT molecular complexity index is 351. The lowest BCUT2D eigenvalue weighted by molar-refractivity contribution is 0.0606. The molecular weight excluding hydrogens is 214 g/mol. The van der Waals surface area contributed by atoms with E-state index in [9.17, 15) is 5.11 Å². The van der Waals surface area contributed by atoms with Crippen LogP contribution in [-0.4, -0.2) is 33.6 Å². The molecule has 1 atom stereocenters. The van der Waals surface area contributed by atoms with Crippen LogP contribution in [0.5, 0.6) is 0 Å². The molecule has 1 unspecified atom stereocenters. The summed E-state index contributed by atoms with van der Waals surface area (Å²) in [5.41, 5.74) is 0.413. The SMILES string of the molecule is CCC(CC)n1ccc(CC2(O)CCNC2)n1. The number of hydrogen-bond donors (Lipinski definition) is 2. The van der Waals surface area contributed by atoms with E-state index in [0.29, 0.717) is 19.0 Å². The second kappa shape index (κ2) is 5.19. The van der Waals surface area contributed by atoms with Crippen molar-refractivity contribution < 1.29 is 5.11 Å². The van der Waals surface area contributed by atoms with E-state index in [-0.39, 0.29) is 0 Å². The van der Waals surface area contributed by atoms with Gasteiger partial charge in [0.2, 0.25) is 0 Å². The summed E-state index contributed by atoms with van der Waals surface area (Å²) < 4.78 is 2.04. The molecule has 0 amide bonds. The van der Waals surface area contributed by atoms with Gasteiger partial charge in [0.05, 0.1) is 17.3 Å². The topological polar surface area (TPSA) is 50.1 Å². The maximum Gasteiger partial charge on any atom is 0.0839 e. The molecule has 0 spiro atoms. The van der Waals surface area contributed by atoms with Crippen LogP contribution in [-0.2, 0) is 6.42 Å². The fraction of sp³-hybridized carbons (Fsp3) is 0.769. The minimum atomic E-state index is -0.590. The van der Waals surface area contributed by atoms with Crippen molar-refractivity contribution in [2.24, 2.45) is 0 Å². The molecule has 2 rings (SSSR count). The highest BCUT2D eigenvalue weighted by Gasteiger charge is 2.31. The van der Waals surface area contributed by atoms with E-state index in [4.69, 9.17) is 0 Å². The zero-order chi connectivity index (χ0) is 12.3. The smallest absolute Gasteiger partial charge is 0.0839 e. The third kappa shape index (κ3) is 2.87. The molecule has 0 radical (unpaired) electrons. The Balaban J connectivity index is 2.03. The lowest BCUT2D eigenvalue weighted by atomic mass is 9.97. The van der Waals surface area contributed by atoms with Crippen LogP contribution >= 0.6 is 0 Å². The highest BCUT2D eigenvalue weighted by molar-refractivity contribution is 5.06. The first kappa shape index (κ1) is 12.6. The van der Waals surface area contributed by atoms with Crippen molar-refractivity contribution >= 4 is 0 Å². The van der Waals surface area contributed by atoms with Crippen molar-refractivity contribution in [3.8, 4) is 0 Å². The standard InChI is InChI=1S/C13H23N3O/c1-3-12(4-2)16-8-5-11(15-16)9-13(17)6-7-14-10-13/h5,8,12,14,17H,3-4,6-7,9-10H2,1-2H3. The number of β-amino-alcohol motifs (C(OH)–C–C–N with tert-alkyl or cyclic N) is 1. The fourth-order valence-electron chi connectivity index (χ4n) is 2.56. The maximum atomic E-state index is 10.3. The van der Waals surface area contributed by atoms with Gasteiger partial charge in [-0.2, -0.15) is 5.10 Å². The summed E-state index contributed by atoms with van der Waals surface area (Å²) in [6, 6.07) is 2.52. The lowest BCUT2D eigenvalue weighted by Crippen LogP contribution is -2.34. The average Bonchev–Trinajstić information content (AvgIpc) is 2.91. The van der Waals surface area contributed by atoms with E-state index in [1.54, 1.807) is 0 Å². The van der Waals surface area contributed by atoms with Crippen LogP contribution in [0.4, 0.5) is 0 Å². The van der Waals surface area contributed by atoms with E-state index in [1.165, 1.54) is 0 Å². The lowest BCUT2D eigenvalue weighted by Gasteiger charge is -2.19. The van der Waals surface area contributed by atoms with Crippen LogP contribution in [0.15, 0.2) is 12.3 Å². The van der Waals surface area contributed by atoms with Crippen LogP contribution in [0, 0.1) is 0 Å². The van der Waals surface area contributed by atoms with E-state index < -0.39 is 5.60 Å². The van der Waals surface area contributed by atoms with Gasteiger partial charge in [0, 0.05) is 19.2 Å². The summed E-state index contributed by atoms with van der Waals surface area (Å²) >= 11 is 0. The Labute approximate surface area is 103 Å². The summed E-state index contributed by atoms with van der Waals surface area (Å²) in [6.07, 6.45) is 5.73. The highest BCUT2D eigenvalue weighted by Crippen LogP contribution is 2.21. The third-order valence-electron chi connectivity index (χ3n) is 3.71. The minimum Gasteiger partial charge on any atom is -0.388 e. The van der Waals surface area contributed by atoms with Gasteiger partial charge < -0.3 is 10.4 Å². The van der Waals surface area contributed by atoms with Crippen molar-refractivity contribution in [2.75, 3.05) is 13.1 Å². The van der Waals surface area contributed by atoms with Crippen molar-refractivity contribution in [1.29, 1.82) is 0 Å². The molecule has 2 heterocycles. The molecule has 1 saturated heterocycles. The van der Waals surface area contributed by atoms with Gasteiger partial charge >= 0.3 is 0 Å². The summed E-state index contributed by atoms with van der Waals surface area (Å²) in [4.78, 5) is 0. The first-order chi connectivity index (χ1) is 8.17. The third-order valence-corrected chi connectivity index (χ3v) is 3.71.